The van der Waals surface area contributed by atoms with Crippen molar-refractivity contribution in [3.63, 3.8) is 0 Å². The standard InChI is InChI=1S/C16H14BrN3O/c1-21-16-5-2-10(8-13(16)17)20-15-4-3-14(18)12-9-19-7-6-11(12)15/h2-9,20H,18H2,1H3. The van der Waals surface area contributed by atoms with Gasteiger partial charge in [-0.15, -0.1) is 0 Å². The molecule has 21 heavy (non-hydrogen) atoms. The number of methoxy groups -OCH3 is 1. The van der Waals surface area contributed by atoms with Crippen molar-refractivity contribution in [2.45, 2.75) is 0 Å². The molecule has 0 saturated carbocycles. The molecule has 2 aromatic carbocycles. The third-order valence-corrected chi connectivity index (χ3v) is 3.90. The third kappa shape index (κ3) is 2.64. The fourth-order valence-corrected chi connectivity index (χ4v) is 2.76. The Morgan fingerprint density at radius 2 is 2.00 bits per heavy atom. The number of anilines is 3. The Kier molecular flexibility index (Phi) is 3.66. The summed E-state index contributed by atoms with van der Waals surface area (Å²) in [7, 11) is 1.65. The molecule has 0 fully saturated rings. The molecule has 0 radical (unpaired) electrons. The van der Waals surface area contributed by atoms with Crippen molar-refractivity contribution in [3.8, 4) is 5.75 Å². The molecule has 3 rings (SSSR count). The van der Waals surface area contributed by atoms with Crippen LogP contribution < -0.4 is 15.8 Å². The lowest BCUT2D eigenvalue weighted by atomic mass is 10.1. The first-order valence-electron chi connectivity index (χ1n) is 6.42. The first-order chi connectivity index (χ1) is 10.2. The van der Waals surface area contributed by atoms with E-state index in [0.717, 1.165) is 38.1 Å². The van der Waals surface area contributed by atoms with E-state index in [1.54, 1.807) is 19.5 Å². The fraction of sp³-hybridized carbons (Fsp3) is 0.0625. The first-order valence-corrected chi connectivity index (χ1v) is 7.21. The number of halogens is 1. The Morgan fingerprint density at radius 3 is 2.76 bits per heavy atom. The number of benzene rings is 2. The summed E-state index contributed by atoms with van der Waals surface area (Å²) in [5, 5.41) is 5.38. The number of aromatic nitrogens is 1. The minimum absolute atomic E-state index is 0.722. The summed E-state index contributed by atoms with van der Waals surface area (Å²) in [6, 6.07) is 11.6. The molecule has 3 aromatic rings. The summed E-state index contributed by atoms with van der Waals surface area (Å²) >= 11 is 3.49. The average Bonchev–Trinajstić information content (AvgIpc) is 2.51. The smallest absolute Gasteiger partial charge is 0.133 e. The number of hydrogen-bond acceptors (Lipinski definition) is 4. The third-order valence-electron chi connectivity index (χ3n) is 3.28. The zero-order valence-corrected chi connectivity index (χ0v) is 13.0. The van der Waals surface area contributed by atoms with Gasteiger partial charge in [0.15, 0.2) is 0 Å². The van der Waals surface area contributed by atoms with E-state index in [0.29, 0.717) is 0 Å². The molecular formula is C16H14BrN3O. The summed E-state index contributed by atoms with van der Waals surface area (Å²) in [4.78, 5) is 4.13. The van der Waals surface area contributed by atoms with Crippen LogP contribution in [0, 0.1) is 0 Å². The van der Waals surface area contributed by atoms with Crippen molar-refractivity contribution < 1.29 is 4.74 Å². The van der Waals surface area contributed by atoms with Gasteiger partial charge in [0.2, 0.25) is 0 Å². The van der Waals surface area contributed by atoms with Crippen LogP contribution in [0.5, 0.6) is 5.75 Å². The van der Waals surface area contributed by atoms with Crippen molar-refractivity contribution in [1.82, 2.24) is 4.98 Å². The van der Waals surface area contributed by atoms with Crippen LogP contribution in [-0.4, -0.2) is 12.1 Å². The Balaban J connectivity index is 2.02. The van der Waals surface area contributed by atoms with E-state index >= 15 is 0 Å². The topological polar surface area (TPSA) is 60.2 Å². The molecule has 5 heteroatoms. The molecular weight excluding hydrogens is 330 g/mol. The minimum Gasteiger partial charge on any atom is -0.496 e. The lowest BCUT2D eigenvalue weighted by molar-refractivity contribution is 0.412. The molecule has 0 amide bonds. The van der Waals surface area contributed by atoms with Crippen LogP contribution in [0.15, 0.2) is 53.3 Å². The second kappa shape index (κ2) is 5.61. The summed E-state index contributed by atoms with van der Waals surface area (Å²) < 4.78 is 6.14. The van der Waals surface area contributed by atoms with E-state index in [2.05, 4.69) is 26.2 Å². The van der Waals surface area contributed by atoms with Gasteiger partial charge < -0.3 is 15.8 Å². The number of nitrogen functional groups attached to an aromatic ring is 1. The van der Waals surface area contributed by atoms with Crippen LogP contribution in [0.4, 0.5) is 17.1 Å². The molecule has 106 valence electrons. The van der Waals surface area contributed by atoms with Gasteiger partial charge in [0, 0.05) is 40.2 Å². The van der Waals surface area contributed by atoms with Crippen LogP contribution in [0.1, 0.15) is 0 Å². The maximum Gasteiger partial charge on any atom is 0.133 e. The highest BCUT2D eigenvalue weighted by atomic mass is 79.9. The van der Waals surface area contributed by atoms with E-state index < -0.39 is 0 Å². The van der Waals surface area contributed by atoms with Gasteiger partial charge >= 0.3 is 0 Å². The van der Waals surface area contributed by atoms with Crippen molar-refractivity contribution in [2.75, 3.05) is 18.2 Å². The average molecular weight is 344 g/mol. The van der Waals surface area contributed by atoms with Crippen molar-refractivity contribution in [3.05, 3.63) is 53.3 Å². The lowest BCUT2D eigenvalue weighted by Gasteiger charge is -2.12. The van der Waals surface area contributed by atoms with Gasteiger partial charge in [0.1, 0.15) is 5.75 Å². The van der Waals surface area contributed by atoms with E-state index in [-0.39, 0.29) is 0 Å². The fourth-order valence-electron chi connectivity index (χ4n) is 2.22. The van der Waals surface area contributed by atoms with Gasteiger partial charge in [-0.3, -0.25) is 4.98 Å². The number of fused-ring (bicyclic) bond motifs is 1. The molecule has 1 aromatic heterocycles. The minimum atomic E-state index is 0.722. The summed E-state index contributed by atoms with van der Waals surface area (Å²) in [6.45, 7) is 0. The van der Waals surface area contributed by atoms with E-state index in [9.17, 15) is 0 Å². The second-order valence-corrected chi connectivity index (χ2v) is 5.45. The molecule has 0 aliphatic carbocycles. The van der Waals surface area contributed by atoms with Crippen LogP contribution in [0.25, 0.3) is 10.8 Å². The van der Waals surface area contributed by atoms with E-state index in [1.165, 1.54) is 0 Å². The highest BCUT2D eigenvalue weighted by molar-refractivity contribution is 9.10. The van der Waals surface area contributed by atoms with Gasteiger partial charge in [0.25, 0.3) is 0 Å². The molecule has 4 nitrogen and oxygen atoms in total. The number of ether oxygens (including phenoxy) is 1. The van der Waals surface area contributed by atoms with Crippen LogP contribution in [0.3, 0.4) is 0 Å². The number of rotatable bonds is 3. The molecule has 0 aliphatic rings. The Labute approximate surface area is 131 Å². The van der Waals surface area contributed by atoms with Crippen molar-refractivity contribution in [2.24, 2.45) is 0 Å². The predicted octanol–water partition coefficient (Wildman–Crippen LogP) is 4.33. The monoisotopic (exact) mass is 343 g/mol. The molecule has 3 N–H and O–H groups in total. The van der Waals surface area contributed by atoms with Crippen LogP contribution in [0.2, 0.25) is 0 Å². The van der Waals surface area contributed by atoms with Gasteiger partial charge in [-0.25, -0.2) is 0 Å². The molecule has 0 saturated heterocycles. The zero-order valence-electron chi connectivity index (χ0n) is 11.4. The summed E-state index contributed by atoms with van der Waals surface area (Å²) in [5.41, 5.74) is 8.66. The summed E-state index contributed by atoms with van der Waals surface area (Å²) in [5.74, 6) is 0.798. The van der Waals surface area contributed by atoms with Gasteiger partial charge in [0.05, 0.1) is 11.6 Å². The van der Waals surface area contributed by atoms with Crippen LogP contribution >= 0.6 is 15.9 Å². The Bertz CT molecular complexity index is 805. The number of nitrogens with two attached hydrogens (primary N) is 1. The Hall–Kier alpha value is -2.27. The molecule has 0 atom stereocenters. The van der Waals surface area contributed by atoms with Crippen LogP contribution in [-0.2, 0) is 0 Å². The van der Waals surface area contributed by atoms with Gasteiger partial charge in [-0.1, -0.05) is 0 Å². The number of hydrogen-bond donors (Lipinski definition) is 2. The molecule has 0 spiro atoms. The molecule has 1 heterocycles. The van der Waals surface area contributed by atoms with Crippen molar-refractivity contribution >= 4 is 43.8 Å². The quantitative estimate of drug-likeness (QED) is 0.694. The Morgan fingerprint density at radius 1 is 1.14 bits per heavy atom. The molecule has 0 aliphatic heterocycles. The summed E-state index contributed by atoms with van der Waals surface area (Å²) in [6.07, 6.45) is 3.54. The highest BCUT2D eigenvalue weighted by Crippen LogP contribution is 2.32. The maximum atomic E-state index is 5.99. The first kappa shape index (κ1) is 13.7. The number of pyridine rings is 1. The predicted molar refractivity (Wildman–Crippen MR) is 90.1 cm³/mol. The molecule has 0 bridgehead atoms. The maximum absolute atomic E-state index is 5.99. The zero-order chi connectivity index (χ0) is 14.8. The van der Waals surface area contributed by atoms with Gasteiger partial charge in [-0.05, 0) is 52.3 Å². The SMILES string of the molecule is COc1ccc(Nc2ccc(N)c3cnccc23)cc1Br. The highest BCUT2D eigenvalue weighted by Gasteiger charge is 2.06. The van der Waals surface area contributed by atoms with E-state index in [4.69, 9.17) is 10.5 Å². The largest absolute Gasteiger partial charge is 0.496 e. The lowest BCUT2D eigenvalue weighted by Crippen LogP contribution is -1.95. The number of nitrogens with one attached hydrogen (secondary N) is 1. The second-order valence-electron chi connectivity index (χ2n) is 4.60. The normalized spacial score (nSPS) is 10.6. The van der Waals surface area contributed by atoms with E-state index in [1.807, 2.05) is 36.4 Å². The van der Waals surface area contributed by atoms with Crippen molar-refractivity contribution in [1.29, 1.82) is 0 Å². The molecule has 0 unspecified atom stereocenters. The van der Waals surface area contributed by atoms with Gasteiger partial charge in [-0.2, -0.15) is 0 Å². The number of nitrogens with zero attached hydrogens (tertiary/aromatic N) is 1.